The minimum atomic E-state index is -0.217. The fourth-order valence-corrected chi connectivity index (χ4v) is 3.12. The van der Waals surface area contributed by atoms with Gasteiger partial charge in [0.1, 0.15) is 0 Å². The van der Waals surface area contributed by atoms with E-state index in [1.54, 1.807) is 0 Å². The van der Waals surface area contributed by atoms with Crippen molar-refractivity contribution in [1.82, 2.24) is 4.90 Å². The van der Waals surface area contributed by atoms with Crippen molar-refractivity contribution in [3.63, 3.8) is 0 Å². The van der Waals surface area contributed by atoms with E-state index in [9.17, 15) is 4.79 Å². The third-order valence-corrected chi connectivity index (χ3v) is 4.93. The average molecular weight is 251 g/mol. The van der Waals surface area contributed by atoms with Gasteiger partial charge in [-0.3, -0.25) is 4.79 Å². The maximum Gasteiger partial charge on any atom is 0.228 e. The Morgan fingerprint density at radius 3 is 2.65 bits per heavy atom. The highest BCUT2D eigenvalue weighted by Gasteiger charge is 2.40. The second-order valence-electron chi connectivity index (χ2n) is 5.49. The highest BCUT2D eigenvalue weighted by Crippen LogP contribution is 2.40. The van der Waals surface area contributed by atoms with Gasteiger partial charge in [0, 0.05) is 21.7 Å². The molecule has 0 bridgehead atoms. The summed E-state index contributed by atoms with van der Waals surface area (Å²) in [5.41, 5.74) is -0.217. The lowest BCUT2D eigenvalue weighted by atomic mass is 9.85. The summed E-state index contributed by atoms with van der Waals surface area (Å²) in [7, 11) is 0. The van der Waals surface area contributed by atoms with Crippen LogP contribution in [-0.4, -0.2) is 17.4 Å². The molecule has 1 saturated heterocycles. The molecule has 0 saturated carbocycles. The summed E-state index contributed by atoms with van der Waals surface area (Å²) in [5, 5.41) is 0. The molecule has 94 valence electrons. The molecule has 2 heterocycles. The highest BCUT2D eigenvalue weighted by atomic mass is 32.1. The van der Waals surface area contributed by atoms with Crippen LogP contribution in [0, 0.1) is 12.3 Å². The second-order valence-corrected chi connectivity index (χ2v) is 6.81. The number of carbonyl (C=O) groups excluding carboxylic acids is 1. The Bertz CT molecular complexity index is 422. The summed E-state index contributed by atoms with van der Waals surface area (Å²) in [4.78, 5) is 17.1. The molecule has 1 fully saturated rings. The summed E-state index contributed by atoms with van der Waals surface area (Å²) >= 11 is 1.82. The maximum atomic E-state index is 12.4. The molecule has 0 aliphatic carbocycles. The van der Waals surface area contributed by atoms with Gasteiger partial charge in [-0.2, -0.15) is 0 Å². The van der Waals surface area contributed by atoms with Crippen molar-refractivity contribution < 1.29 is 4.79 Å². The molecule has 0 spiro atoms. The van der Waals surface area contributed by atoms with Crippen molar-refractivity contribution in [2.24, 2.45) is 5.41 Å². The lowest BCUT2D eigenvalue weighted by molar-refractivity contribution is -0.148. The Hall–Kier alpha value is -0.830. The smallest absolute Gasteiger partial charge is 0.228 e. The molecule has 3 heteroatoms. The standard InChI is InChI=1S/C14H21NOS/c1-5-14(3,4)13(16)15-9-8-11(15)12-7-6-10(2)17-12/h6-7,11H,5,8-9H2,1-4H3. The Kier molecular flexibility index (Phi) is 3.30. The van der Waals surface area contributed by atoms with Crippen molar-refractivity contribution in [2.45, 2.75) is 46.6 Å². The zero-order chi connectivity index (χ0) is 12.6. The van der Waals surface area contributed by atoms with E-state index in [0.29, 0.717) is 11.9 Å². The van der Waals surface area contributed by atoms with E-state index >= 15 is 0 Å². The molecule has 1 aliphatic heterocycles. The van der Waals surface area contributed by atoms with Crippen LogP contribution in [0.5, 0.6) is 0 Å². The lowest BCUT2D eigenvalue weighted by Crippen LogP contribution is -2.50. The first kappa shape index (κ1) is 12.6. The van der Waals surface area contributed by atoms with Gasteiger partial charge in [0.05, 0.1) is 6.04 Å². The Labute approximate surface area is 108 Å². The van der Waals surface area contributed by atoms with Crippen LogP contribution < -0.4 is 0 Å². The number of aryl methyl sites for hydroxylation is 1. The van der Waals surface area contributed by atoms with Crippen molar-refractivity contribution >= 4 is 17.2 Å². The molecular weight excluding hydrogens is 230 g/mol. The molecule has 1 atom stereocenters. The van der Waals surface area contributed by atoms with Gasteiger partial charge in [0.25, 0.3) is 0 Å². The number of hydrogen-bond donors (Lipinski definition) is 0. The second kappa shape index (κ2) is 4.45. The largest absolute Gasteiger partial charge is 0.334 e. The molecule has 1 aromatic rings. The quantitative estimate of drug-likeness (QED) is 0.801. The topological polar surface area (TPSA) is 20.3 Å². The summed E-state index contributed by atoms with van der Waals surface area (Å²) in [6.45, 7) is 9.22. The van der Waals surface area contributed by atoms with E-state index in [-0.39, 0.29) is 5.41 Å². The minimum absolute atomic E-state index is 0.217. The van der Waals surface area contributed by atoms with Crippen LogP contribution in [0.15, 0.2) is 12.1 Å². The van der Waals surface area contributed by atoms with Crippen LogP contribution in [0.4, 0.5) is 0 Å². The molecule has 1 aliphatic rings. The summed E-state index contributed by atoms with van der Waals surface area (Å²) in [5.74, 6) is 0.308. The molecule has 1 aromatic heterocycles. The Morgan fingerprint density at radius 1 is 1.53 bits per heavy atom. The first-order chi connectivity index (χ1) is 7.95. The minimum Gasteiger partial charge on any atom is -0.334 e. The molecule has 1 amide bonds. The van der Waals surface area contributed by atoms with E-state index in [2.05, 4.69) is 30.9 Å². The number of rotatable bonds is 3. The molecule has 1 unspecified atom stereocenters. The van der Waals surface area contributed by atoms with Gasteiger partial charge in [0.15, 0.2) is 0 Å². The van der Waals surface area contributed by atoms with Gasteiger partial charge in [-0.25, -0.2) is 0 Å². The van der Waals surface area contributed by atoms with Crippen LogP contribution in [-0.2, 0) is 4.79 Å². The summed E-state index contributed by atoms with van der Waals surface area (Å²) < 4.78 is 0. The fraction of sp³-hybridized carbons (Fsp3) is 0.643. The van der Waals surface area contributed by atoms with E-state index in [1.807, 2.05) is 25.2 Å². The average Bonchev–Trinajstić information content (AvgIpc) is 2.63. The molecule has 0 radical (unpaired) electrons. The van der Waals surface area contributed by atoms with E-state index in [4.69, 9.17) is 0 Å². The van der Waals surface area contributed by atoms with E-state index in [0.717, 1.165) is 19.4 Å². The van der Waals surface area contributed by atoms with Crippen LogP contribution in [0.3, 0.4) is 0 Å². The predicted octanol–water partition coefficient (Wildman–Crippen LogP) is 3.77. The SMILES string of the molecule is CCC(C)(C)C(=O)N1CCC1c1ccc(C)s1. The van der Waals surface area contributed by atoms with Crippen molar-refractivity contribution in [1.29, 1.82) is 0 Å². The number of carbonyl (C=O) groups is 1. The Balaban J connectivity index is 2.12. The highest BCUT2D eigenvalue weighted by molar-refractivity contribution is 7.12. The summed E-state index contributed by atoms with van der Waals surface area (Å²) in [6.07, 6.45) is 2.02. The lowest BCUT2D eigenvalue weighted by Gasteiger charge is -2.44. The molecule has 0 N–H and O–H groups in total. The van der Waals surface area contributed by atoms with Crippen molar-refractivity contribution in [2.75, 3.05) is 6.54 Å². The fourth-order valence-electron chi connectivity index (χ4n) is 2.10. The number of amides is 1. The van der Waals surface area contributed by atoms with Crippen LogP contribution in [0.2, 0.25) is 0 Å². The van der Waals surface area contributed by atoms with Gasteiger partial charge in [-0.05, 0) is 31.9 Å². The number of nitrogens with zero attached hydrogens (tertiary/aromatic N) is 1. The zero-order valence-electron chi connectivity index (χ0n) is 11.1. The molecule has 2 rings (SSSR count). The van der Waals surface area contributed by atoms with E-state index < -0.39 is 0 Å². The van der Waals surface area contributed by atoms with Crippen LogP contribution in [0.25, 0.3) is 0 Å². The number of likely N-dealkylation sites (tertiary alicyclic amines) is 1. The normalized spacial score (nSPS) is 20.2. The first-order valence-corrected chi connectivity index (χ1v) is 7.15. The molecule has 2 nitrogen and oxygen atoms in total. The van der Waals surface area contributed by atoms with Gasteiger partial charge in [-0.1, -0.05) is 20.8 Å². The van der Waals surface area contributed by atoms with Gasteiger partial charge >= 0.3 is 0 Å². The van der Waals surface area contributed by atoms with Gasteiger partial charge < -0.3 is 4.90 Å². The monoisotopic (exact) mass is 251 g/mol. The summed E-state index contributed by atoms with van der Waals surface area (Å²) in [6, 6.07) is 4.65. The van der Waals surface area contributed by atoms with E-state index in [1.165, 1.54) is 9.75 Å². The van der Waals surface area contributed by atoms with Crippen LogP contribution >= 0.6 is 11.3 Å². The zero-order valence-corrected chi connectivity index (χ0v) is 11.9. The number of hydrogen-bond acceptors (Lipinski definition) is 2. The third kappa shape index (κ3) is 2.25. The molecule has 17 heavy (non-hydrogen) atoms. The first-order valence-electron chi connectivity index (χ1n) is 6.33. The van der Waals surface area contributed by atoms with Crippen molar-refractivity contribution in [3.05, 3.63) is 21.9 Å². The third-order valence-electron chi connectivity index (χ3n) is 3.83. The Morgan fingerprint density at radius 2 is 2.24 bits per heavy atom. The predicted molar refractivity (Wildman–Crippen MR) is 72.2 cm³/mol. The van der Waals surface area contributed by atoms with Gasteiger partial charge in [0.2, 0.25) is 5.91 Å². The molecular formula is C14H21NOS. The van der Waals surface area contributed by atoms with Gasteiger partial charge in [-0.15, -0.1) is 11.3 Å². The number of thiophene rings is 1. The molecule has 0 aromatic carbocycles. The van der Waals surface area contributed by atoms with Crippen molar-refractivity contribution in [3.8, 4) is 0 Å². The van der Waals surface area contributed by atoms with Crippen LogP contribution in [0.1, 0.15) is 49.4 Å². The maximum absolute atomic E-state index is 12.4.